The third-order valence-electron chi connectivity index (χ3n) is 7.58. The van der Waals surface area contributed by atoms with Crippen molar-refractivity contribution in [2.45, 2.75) is 70.1 Å². The highest BCUT2D eigenvalue weighted by Crippen LogP contribution is 2.36. The van der Waals surface area contributed by atoms with Crippen LogP contribution in [0.15, 0.2) is 60.8 Å². The first-order chi connectivity index (χ1) is 17.3. The highest BCUT2D eigenvalue weighted by atomic mass is 16.2. The molecule has 1 aliphatic heterocycles. The second-order valence-corrected chi connectivity index (χ2v) is 10.3. The minimum atomic E-state index is -0.894. The largest absolute Gasteiger partial charge is 0.348 e. The van der Waals surface area contributed by atoms with Crippen LogP contribution in [0, 0.1) is 0 Å². The van der Waals surface area contributed by atoms with E-state index in [4.69, 9.17) is 0 Å². The van der Waals surface area contributed by atoms with Crippen LogP contribution in [0.3, 0.4) is 0 Å². The molecule has 7 nitrogen and oxygen atoms in total. The monoisotopic (exact) mass is 484 g/mol. The number of hydrogen-bond acceptors (Lipinski definition) is 4. The molecule has 0 bridgehead atoms. The number of para-hydroxylation sites is 1. The Morgan fingerprint density at radius 2 is 1.64 bits per heavy atom. The zero-order valence-corrected chi connectivity index (χ0v) is 21.0. The van der Waals surface area contributed by atoms with Gasteiger partial charge in [-0.2, -0.15) is 0 Å². The van der Waals surface area contributed by atoms with Crippen LogP contribution < -0.4 is 10.6 Å². The number of carbonyl (C=O) groups is 3. The number of pyridine rings is 1. The molecular weight excluding hydrogens is 452 g/mol. The predicted octanol–water partition coefficient (Wildman–Crippen LogP) is 4.39. The molecule has 36 heavy (non-hydrogen) atoms. The number of amides is 3. The fraction of sp³-hybridized carbons (Fsp3) is 0.379. The molecule has 1 aromatic heterocycles. The smallest absolute Gasteiger partial charge is 0.254 e. The number of rotatable bonds is 6. The number of nitrogens with one attached hydrogen (secondary N) is 2. The van der Waals surface area contributed by atoms with E-state index in [1.54, 1.807) is 12.3 Å². The van der Waals surface area contributed by atoms with Crippen LogP contribution in [0.4, 0.5) is 0 Å². The Hall–Kier alpha value is -3.74. The number of fused-ring (bicyclic) bond motifs is 1. The third-order valence-corrected chi connectivity index (χ3v) is 7.58. The molecule has 0 radical (unpaired) electrons. The van der Waals surface area contributed by atoms with Crippen LogP contribution in [-0.2, 0) is 4.79 Å². The lowest BCUT2D eigenvalue weighted by molar-refractivity contribution is -0.124. The minimum Gasteiger partial charge on any atom is -0.348 e. The first kappa shape index (κ1) is 24.0. The maximum atomic E-state index is 13.1. The Labute approximate surface area is 211 Å². The van der Waals surface area contributed by atoms with E-state index in [0.29, 0.717) is 24.0 Å². The molecule has 2 N–H and O–H groups in total. The van der Waals surface area contributed by atoms with Crippen molar-refractivity contribution in [3.63, 3.8) is 0 Å². The SMILES string of the molecule is CC1CCC(C)N1C(=O)c1ccc([C@@H](C)NC(=O)C2(NC(=O)c3cnc4ccccc4c3)CC2)cc1. The van der Waals surface area contributed by atoms with E-state index in [2.05, 4.69) is 29.5 Å². The van der Waals surface area contributed by atoms with Gasteiger partial charge in [-0.05, 0) is 76.3 Å². The van der Waals surface area contributed by atoms with E-state index < -0.39 is 5.54 Å². The van der Waals surface area contributed by atoms with Gasteiger partial charge in [0.25, 0.3) is 11.8 Å². The highest BCUT2D eigenvalue weighted by Gasteiger charge is 2.51. The number of hydrogen-bond donors (Lipinski definition) is 2. The highest BCUT2D eigenvalue weighted by molar-refractivity contribution is 6.02. The van der Waals surface area contributed by atoms with Gasteiger partial charge in [0.2, 0.25) is 5.91 Å². The third kappa shape index (κ3) is 4.57. The molecule has 2 fully saturated rings. The normalized spacial score (nSPS) is 21.1. The quantitative estimate of drug-likeness (QED) is 0.543. The summed E-state index contributed by atoms with van der Waals surface area (Å²) in [7, 11) is 0. The molecule has 7 heteroatoms. The maximum absolute atomic E-state index is 13.1. The average molecular weight is 485 g/mol. The fourth-order valence-corrected chi connectivity index (χ4v) is 5.10. The van der Waals surface area contributed by atoms with E-state index in [-0.39, 0.29) is 35.8 Å². The Balaban J connectivity index is 1.22. The van der Waals surface area contributed by atoms with Crippen molar-refractivity contribution in [2.75, 3.05) is 0 Å². The van der Waals surface area contributed by atoms with Gasteiger partial charge in [0, 0.05) is 29.2 Å². The van der Waals surface area contributed by atoms with Crippen molar-refractivity contribution in [2.24, 2.45) is 0 Å². The topological polar surface area (TPSA) is 91.4 Å². The number of benzene rings is 2. The number of aromatic nitrogens is 1. The van der Waals surface area contributed by atoms with E-state index in [1.807, 2.05) is 60.4 Å². The van der Waals surface area contributed by atoms with Crippen molar-refractivity contribution < 1.29 is 14.4 Å². The first-order valence-electron chi connectivity index (χ1n) is 12.7. The Kier molecular flexibility index (Phi) is 6.24. The summed E-state index contributed by atoms with van der Waals surface area (Å²) in [5, 5.41) is 6.84. The maximum Gasteiger partial charge on any atom is 0.254 e. The number of likely N-dealkylation sites (tertiary alicyclic amines) is 1. The average Bonchev–Trinajstić information content (AvgIpc) is 3.60. The minimum absolute atomic E-state index is 0.0542. The van der Waals surface area contributed by atoms with Gasteiger partial charge in [-0.3, -0.25) is 19.4 Å². The van der Waals surface area contributed by atoms with Gasteiger partial charge in [-0.1, -0.05) is 30.3 Å². The van der Waals surface area contributed by atoms with Crippen LogP contribution in [0.2, 0.25) is 0 Å². The molecule has 1 aliphatic carbocycles. The summed E-state index contributed by atoms with van der Waals surface area (Å²) in [6, 6.07) is 17.1. The summed E-state index contributed by atoms with van der Waals surface area (Å²) in [6.07, 6.45) is 4.80. The zero-order chi connectivity index (χ0) is 25.4. The second-order valence-electron chi connectivity index (χ2n) is 10.3. The standard InChI is InChI=1S/C29H32N4O3/c1-18-8-9-19(2)33(18)27(35)22-12-10-21(11-13-22)20(3)31-28(36)29(14-15-29)32-26(34)24-16-23-6-4-5-7-25(23)30-17-24/h4-7,10-13,16-20H,8-9,14-15H2,1-3H3,(H,31,36)(H,32,34)/t18?,19?,20-/m1/s1. The lowest BCUT2D eigenvalue weighted by Gasteiger charge is -2.26. The Bertz CT molecular complexity index is 1310. The van der Waals surface area contributed by atoms with Crippen molar-refractivity contribution in [1.29, 1.82) is 0 Å². The molecule has 2 heterocycles. The molecule has 2 aliphatic rings. The van der Waals surface area contributed by atoms with Gasteiger partial charge in [0.1, 0.15) is 5.54 Å². The van der Waals surface area contributed by atoms with Gasteiger partial charge in [0.05, 0.1) is 17.1 Å². The molecule has 3 amide bonds. The Morgan fingerprint density at radius 1 is 0.972 bits per heavy atom. The van der Waals surface area contributed by atoms with Crippen LogP contribution in [0.5, 0.6) is 0 Å². The summed E-state index contributed by atoms with van der Waals surface area (Å²) >= 11 is 0. The second kappa shape index (κ2) is 9.37. The Morgan fingerprint density at radius 3 is 2.31 bits per heavy atom. The summed E-state index contributed by atoms with van der Waals surface area (Å²) < 4.78 is 0. The van der Waals surface area contributed by atoms with E-state index >= 15 is 0 Å². The van der Waals surface area contributed by atoms with Gasteiger partial charge >= 0.3 is 0 Å². The first-order valence-corrected chi connectivity index (χ1v) is 12.7. The summed E-state index contributed by atoms with van der Waals surface area (Å²) in [6.45, 7) is 6.09. The molecule has 5 rings (SSSR count). The van der Waals surface area contributed by atoms with Crippen LogP contribution in [0.25, 0.3) is 10.9 Å². The van der Waals surface area contributed by atoms with Crippen molar-refractivity contribution in [3.05, 3.63) is 77.5 Å². The molecule has 2 aromatic carbocycles. The van der Waals surface area contributed by atoms with Gasteiger partial charge in [0.15, 0.2) is 0 Å². The summed E-state index contributed by atoms with van der Waals surface area (Å²) in [5.41, 5.74) is 1.92. The van der Waals surface area contributed by atoms with Crippen LogP contribution in [-0.4, -0.2) is 45.2 Å². The van der Waals surface area contributed by atoms with Crippen molar-refractivity contribution in [1.82, 2.24) is 20.5 Å². The van der Waals surface area contributed by atoms with E-state index in [1.165, 1.54) is 0 Å². The number of nitrogens with zero attached hydrogens (tertiary/aromatic N) is 2. The van der Waals surface area contributed by atoms with Crippen molar-refractivity contribution >= 4 is 28.6 Å². The van der Waals surface area contributed by atoms with Crippen molar-refractivity contribution in [3.8, 4) is 0 Å². The summed E-state index contributed by atoms with van der Waals surface area (Å²) in [4.78, 5) is 45.3. The number of carbonyl (C=O) groups excluding carboxylic acids is 3. The molecule has 0 spiro atoms. The zero-order valence-electron chi connectivity index (χ0n) is 21.0. The molecule has 3 atom stereocenters. The van der Waals surface area contributed by atoms with Gasteiger partial charge in [-0.15, -0.1) is 0 Å². The fourth-order valence-electron chi connectivity index (χ4n) is 5.10. The van der Waals surface area contributed by atoms with Crippen LogP contribution >= 0.6 is 0 Å². The lowest BCUT2D eigenvalue weighted by Crippen LogP contribution is -2.49. The molecule has 186 valence electrons. The molecular formula is C29H32N4O3. The van der Waals surface area contributed by atoms with Gasteiger partial charge in [-0.25, -0.2) is 0 Å². The van der Waals surface area contributed by atoms with Crippen LogP contribution in [0.1, 0.15) is 78.8 Å². The lowest BCUT2D eigenvalue weighted by atomic mass is 10.0. The molecule has 1 saturated heterocycles. The van der Waals surface area contributed by atoms with Gasteiger partial charge < -0.3 is 15.5 Å². The molecule has 3 aromatic rings. The van der Waals surface area contributed by atoms with E-state index in [9.17, 15) is 14.4 Å². The molecule has 1 saturated carbocycles. The predicted molar refractivity (Wildman–Crippen MR) is 139 cm³/mol. The molecule has 2 unspecified atom stereocenters. The summed E-state index contributed by atoms with van der Waals surface area (Å²) in [5.74, 6) is -0.447. The van der Waals surface area contributed by atoms with E-state index in [0.717, 1.165) is 29.3 Å².